The number of phenolic OH excluding ortho intramolecular Hbond substituents is 1. The first-order valence-electron chi connectivity index (χ1n) is 6.08. The van der Waals surface area contributed by atoms with Gasteiger partial charge in [0.05, 0.1) is 12.1 Å². The van der Waals surface area contributed by atoms with Crippen molar-refractivity contribution in [2.24, 2.45) is 0 Å². The Morgan fingerprint density at radius 2 is 2.00 bits per heavy atom. The predicted molar refractivity (Wildman–Crippen MR) is 72.5 cm³/mol. The van der Waals surface area contributed by atoms with E-state index < -0.39 is 12.2 Å². The Morgan fingerprint density at radius 1 is 1.37 bits per heavy atom. The molecule has 0 aliphatic carbocycles. The summed E-state index contributed by atoms with van der Waals surface area (Å²) in [6.07, 6.45) is -0.492. The minimum Gasteiger partial charge on any atom is -0.507 e. The number of ether oxygens (including phenoxy) is 2. The Bertz CT molecular complexity index is 419. The zero-order valence-electron chi connectivity index (χ0n) is 11.0. The third-order valence-corrected chi connectivity index (χ3v) is 2.57. The van der Waals surface area contributed by atoms with E-state index in [1.807, 2.05) is 13.8 Å². The zero-order valence-corrected chi connectivity index (χ0v) is 11.7. The van der Waals surface area contributed by atoms with Crippen LogP contribution < -0.4 is 5.32 Å². The minimum absolute atomic E-state index is 0.158. The molecule has 106 valence electrons. The number of carbonyl (C=O) groups is 1. The van der Waals surface area contributed by atoms with Crippen molar-refractivity contribution in [2.75, 3.05) is 19.8 Å². The number of hydrogen-bond donors (Lipinski definition) is 2. The fourth-order valence-electron chi connectivity index (χ4n) is 1.51. The van der Waals surface area contributed by atoms with Gasteiger partial charge in [0, 0.05) is 18.2 Å². The third kappa shape index (κ3) is 5.06. The Kier molecular flexibility index (Phi) is 6.62. The monoisotopic (exact) mass is 287 g/mol. The van der Waals surface area contributed by atoms with Crippen LogP contribution in [0.15, 0.2) is 18.2 Å². The summed E-state index contributed by atoms with van der Waals surface area (Å²) in [5, 5.41) is 12.6. The van der Waals surface area contributed by atoms with E-state index in [2.05, 4.69) is 5.32 Å². The Balaban J connectivity index is 2.58. The molecular weight excluding hydrogens is 270 g/mol. The molecule has 0 heterocycles. The summed E-state index contributed by atoms with van der Waals surface area (Å²) < 4.78 is 10.6. The Labute approximate surface area is 117 Å². The second-order valence-corrected chi connectivity index (χ2v) is 4.15. The van der Waals surface area contributed by atoms with Crippen LogP contribution in [0.25, 0.3) is 0 Å². The van der Waals surface area contributed by atoms with Crippen LogP contribution >= 0.6 is 11.6 Å². The van der Waals surface area contributed by atoms with Crippen molar-refractivity contribution in [1.29, 1.82) is 0 Å². The molecular formula is C13H18ClNO4. The van der Waals surface area contributed by atoms with Crippen molar-refractivity contribution >= 4 is 17.5 Å². The molecule has 1 amide bonds. The first-order valence-corrected chi connectivity index (χ1v) is 6.46. The fourth-order valence-corrected chi connectivity index (χ4v) is 1.67. The van der Waals surface area contributed by atoms with Gasteiger partial charge in [0.15, 0.2) is 6.29 Å². The molecule has 1 aromatic carbocycles. The van der Waals surface area contributed by atoms with E-state index in [1.165, 1.54) is 12.1 Å². The Morgan fingerprint density at radius 3 is 2.53 bits per heavy atom. The van der Waals surface area contributed by atoms with E-state index >= 15 is 0 Å². The van der Waals surface area contributed by atoms with Crippen LogP contribution in [0.1, 0.15) is 24.2 Å². The molecule has 19 heavy (non-hydrogen) atoms. The molecule has 0 radical (unpaired) electrons. The molecule has 0 aliphatic heterocycles. The zero-order chi connectivity index (χ0) is 14.3. The van der Waals surface area contributed by atoms with Crippen LogP contribution in [0, 0.1) is 0 Å². The topological polar surface area (TPSA) is 67.8 Å². The number of rotatable bonds is 7. The van der Waals surface area contributed by atoms with Crippen LogP contribution in [-0.4, -0.2) is 37.1 Å². The van der Waals surface area contributed by atoms with E-state index in [9.17, 15) is 9.90 Å². The lowest BCUT2D eigenvalue weighted by Gasteiger charge is -2.17. The van der Waals surface area contributed by atoms with Crippen molar-refractivity contribution in [3.63, 3.8) is 0 Å². The first kappa shape index (κ1) is 15.8. The van der Waals surface area contributed by atoms with E-state index in [0.29, 0.717) is 18.2 Å². The second-order valence-electron chi connectivity index (χ2n) is 3.71. The van der Waals surface area contributed by atoms with E-state index in [1.54, 1.807) is 6.07 Å². The quantitative estimate of drug-likeness (QED) is 0.754. The molecule has 0 spiro atoms. The van der Waals surface area contributed by atoms with Gasteiger partial charge in [-0.1, -0.05) is 11.6 Å². The van der Waals surface area contributed by atoms with Gasteiger partial charge in [0.25, 0.3) is 5.91 Å². The summed E-state index contributed by atoms with van der Waals surface area (Å²) >= 11 is 5.70. The number of phenols is 1. The van der Waals surface area contributed by atoms with Gasteiger partial charge < -0.3 is 19.9 Å². The average molecular weight is 288 g/mol. The van der Waals surface area contributed by atoms with E-state index in [0.717, 1.165) is 0 Å². The van der Waals surface area contributed by atoms with E-state index in [-0.39, 0.29) is 17.9 Å². The molecule has 0 unspecified atom stereocenters. The standard InChI is InChI=1S/C13H18ClNO4/c1-3-18-12(19-4-2)8-15-13(17)10-6-5-9(14)7-11(10)16/h5-7,12,16H,3-4,8H2,1-2H3,(H,15,17). The first-order chi connectivity index (χ1) is 9.08. The molecule has 0 bridgehead atoms. The Hall–Kier alpha value is -1.30. The van der Waals surface area contributed by atoms with Crippen molar-refractivity contribution in [3.8, 4) is 5.75 Å². The molecule has 0 atom stereocenters. The largest absolute Gasteiger partial charge is 0.507 e. The number of benzene rings is 1. The summed E-state index contributed by atoms with van der Waals surface area (Å²) in [6, 6.07) is 4.32. The maximum Gasteiger partial charge on any atom is 0.255 e. The van der Waals surface area contributed by atoms with Gasteiger partial charge in [0.1, 0.15) is 5.75 Å². The lowest BCUT2D eigenvalue weighted by Crippen LogP contribution is -2.35. The normalized spacial score (nSPS) is 10.7. The fraction of sp³-hybridized carbons (Fsp3) is 0.462. The van der Waals surface area contributed by atoms with Crippen molar-refractivity contribution in [2.45, 2.75) is 20.1 Å². The maximum absolute atomic E-state index is 11.9. The second kappa shape index (κ2) is 7.99. The van der Waals surface area contributed by atoms with Gasteiger partial charge in [-0.2, -0.15) is 0 Å². The van der Waals surface area contributed by atoms with Gasteiger partial charge in [-0.15, -0.1) is 0 Å². The lowest BCUT2D eigenvalue weighted by atomic mass is 10.2. The molecule has 2 N–H and O–H groups in total. The molecule has 0 aromatic heterocycles. The molecule has 1 rings (SSSR count). The molecule has 5 nitrogen and oxygen atoms in total. The van der Waals surface area contributed by atoms with Crippen LogP contribution in [0.5, 0.6) is 5.75 Å². The number of carbonyl (C=O) groups excluding carboxylic acids is 1. The maximum atomic E-state index is 11.9. The number of nitrogens with one attached hydrogen (secondary N) is 1. The van der Waals surface area contributed by atoms with Gasteiger partial charge >= 0.3 is 0 Å². The highest BCUT2D eigenvalue weighted by Gasteiger charge is 2.14. The minimum atomic E-state index is -0.492. The van der Waals surface area contributed by atoms with Crippen molar-refractivity contribution in [3.05, 3.63) is 28.8 Å². The van der Waals surface area contributed by atoms with Gasteiger partial charge in [-0.25, -0.2) is 0 Å². The number of aromatic hydroxyl groups is 1. The highest BCUT2D eigenvalue weighted by molar-refractivity contribution is 6.30. The van der Waals surface area contributed by atoms with Gasteiger partial charge in [-0.3, -0.25) is 4.79 Å². The van der Waals surface area contributed by atoms with Crippen LogP contribution in [-0.2, 0) is 9.47 Å². The molecule has 1 aromatic rings. The molecule has 6 heteroatoms. The molecule has 0 aliphatic rings. The molecule has 0 saturated carbocycles. The molecule has 0 saturated heterocycles. The number of amides is 1. The van der Waals surface area contributed by atoms with Crippen LogP contribution in [0.4, 0.5) is 0 Å². The predicted octanol–water partition coefficient (Wildman–Crippen LogP) is 2.17. The van der Waals surface area contributed by atoms with Gasteiger partial charge in [-0.05, 0) is 32.0 Å². The highest BCUT2D eigenvalue weighted by Crippen LogP contribution is 2.21. The van der Waals surface area contributed by atoms with Crippen molar-refractivity contribution in [1.82, 2.24) is 5.32 Å². The summed E-state index contributed by atoms with van der Waals surface area (Å²) in [5.74, 6) is -0.562. The summed E-state index contributed by atoms with van der Waals surface area (Å²) in [5.41, 5.74) is 0.163. The lowest BCUT2D eigenvalue weighted by molar-refractivity contribution is -0.131. The third-order valence-electron chi connectivity index (χ3n) is 2.34. The SMILES string of the molecule is CCOC(CNC(=O)c1ccc(Cl)cc1O)OCC. The average Bonchev–Trinajstić information content (AvgIpc) is 2.36. The van der Waals surface area contributed by atoms with Crippen molar-refractivity contribution < 1.29 is 19.4 Å². The summed E-state index contributed by atoms with van der Waals surface area (Å²) in [4.78, 5) is 11.9. The number of hydrogen-bond acceptors (Lipinski definition) is 4. The molecule has 0 fully saturated rings. The number of halogens is 1. The summed E-state index contributed by atoms with van der Waals surface area (Å²) in [7, 11) is 0. The van der Waals surface area contributed by atoms with Crippen LogP contribution in [0.3, 0.4) is 0 Å². The van der Waals surface area contributed by atoms with Crippen LogP contribution in [0.2, 0.25) is 5.02 Å². The summed E-state index contributed by atoms with van der Waals surface area (Å²) in [6.45, 7) is 4.89. The highest BCUT2D eigenvalue weighted by atomic mass is 35.5. The van der Waals surface area contributed by atoms with Gasteiger partial charge in [0.2, 0.25) is 0 Å². The van der Waals surface area contributed by atoms with E-state index in [4.69, 9.17) is 21.1 Å². The smallest absolute Gasteiger partial charge is 0.255 e.